The van der Waals surface area contributed by atoms with E-state index in [9.17, 15) is 22.8 Å². The lowest BCUT2D eigenvalue weighted by atomic mass is 9.79. The minimum Gasteiger partial charge on any atom is -0.467 e. The van der Waals surface area contributed by atoms with Crippen LogP contribution in [0, 0.1) is 5.92 Å². The molecule has 0 bridgehead atoms. The maximum atomic E-state index is 12.7. The van der Waals surface area contributed by atoms with Crippen LogP contribution in [-0.2, 0) is 27.0 Å². The summed E-state index contributed by atoms with van der Waals surface area (Å²) in [5.41, 5.74) is -0.283. The number of carbonyl (C=O) groups excluding carboxylic acids is 2. The lowest BCUT2D eigenvalue weighted by Crippen LogP contribution is -2.51. The molecule has 1 amide bonds. The second-order valence-electron chi connectivity index (χ2n) is 6.01. The molecule has 25 heavy (non-hydrogen) atoms. The summed E-state index contributed by atoms with van der Waals surface area (Å²) in [6, 6.07) is 3.73. The molecule has 2 rings (SSSR count). The number of rotatable bonds is 6. The standard InChI is InChI=1S/C17H19ClF3NO3/c1-25-16(24)15(12-3-2-4-12)22(14(23)9-18)10-11-5-7-13(8-6-11)17(19,20)21/h5-8,12,15H,2-4,9-10H2,1H3. The Kier molecular flexibility index (Phi) is 6.32. The molecule has 1 atom stereocenters. The topological polar surface area (TPSA) is 46.6 Å². The summed E-state index contributed by atoms with van der Waals surface area (Å²) in [7, 11) is 1.25. The van der Waals surface area contributed by atoms with E-state index in [1.54, 1.807) is 0 Å². The molecule has 4 nitrogen and oxygen atoms in total. The molecule has 1 unspecified atom stereocenters. The Hall–Kier alpha value is -1.76. The van der Waals surface area contributed by atoms with Gasteiger partial charge in [0.15, 0.2) is 0 Å². The normalized spacial score (nSPS) is 16.0. The number of halogens is 4. The van der Waals surface area contributed by atoms with Gasteiger partial charge >= 0.3 is 12.1 Å². The molecule has 1 aromatic rings. The fraction of sp³-hybridized carbons (Fsp3) is 0.529. The van der Waals surface area contributed by atoms with Gasteiger partial charge in [0.25, 0.3) is 0 Å². The van der Waals surface area contributed by atoms with Crippen molar-refractivity contribution in [1.29, 1.82) is 0 Å². The second kappa shape index (κ2) is 8.08. The van der Waals surface area contributed by atoms with Gasteiger partial charge in [0.2, 0.25) is 5.91 Å². The highest BCUT2D eigenvalue weighted by Gasteiger charge is 2.40. The molecular formula is C17H19ClF3NO3. The Morgan fingerprint density at radius 3 is 2.28 bits per heavy atom. The third-order valence-corrected chi connectivity index (χ3v) is 4.67. The molecule has 0 spiro atoms. The summed E-state index contributed by atoms with van der Waals surface area (Å²) in [5.74, 6) is -1.33. The Balaban J connectivity index is 2.24. The first-order valence-corrected chi connectivity index (χ1v) is 8.40. The second-order valence-corrected chi connectivity index (χ2v) is 6.28. The van der Waals surface area contributed by atoms with Crippen LogP contribution < -0.4 is 0 Å². The van der Waals surface area contributed by atoms with Crippen molar-refractivity contribution in [3.8, 4) is 0 Å². The van der Waals surface area contributed by atoms with Crippen molar-refractivity contribution in [1.82, 2.24) is 4.90 Å². The van der Waals surface area contributed by atoms with Gasteiger partial charge < -0.3 is 9.64 Å². The third kappa shape index (κ3) is 4.66. The molecule has 8 heteroatoms. The number of hydrogen-bond acceptors (Lipinski definition) is 3. The number of nitrogens with zero attached hydrogens (tertiary/aromatic N) is 1. The highest BCUT2D eigenvalue weighted by Crippen LogP contribution is 2.34. The minimum absolute atomic E-state index is 0.0000425. The van der Waals surface area contributed by atoms with Gasteiger partial charge in [-0.1, -0.05) is 18.6 Å². The van der Waals surface area contributed by atoms with E-state index >= 15 is 0 Å². The largest absolute Gasteiger partial charge is 0.467 e. The molecule has 0 aliphatic heterocycles. The van der Waals surface area contributed by atoms with E-state index in [-0.39, 0.29) is 18.3 Å². The Morgan fingerprint density at radius 1 is 1.28 bits per heavy atom. The number of hydrogen-bond donors (Lipinski definition) is 0. The minimum atomic E-state index is -4.43. The lowest BCUT2D eigenvalue weighted by molar-refractivity contribution is -0.156. The summed E-state index contributed by atoms with van der Waals surface area (Å²) < 4.78 is 42.8. The van der Waals surface area contributed by atoms with Crippen LogP contribution in [0.25, 0.3) is 0 Å². The molecule has 0 aromatic heterocycles. The average molecular weight is 378 g/mol. The maximum Gasteiger partial charge on any atom is 0.416 e. The quantitative estimate of drug-likeness (QED) is 0.562. The monoisotopic (exact) mass is 377 g/mol. The molecule has 1 aromatic carbocycles. The van der Waals surface area contributed by atoms with Gasteiger partial charge in [-0.15, -0.1) is 11.6 Å². The van der Waals surface area contributed by atoms with Crippen LogP contribution in [0.5, 0.6) is 0 Å². The van der Waals surface area contributed by atoms with Crippen LogP contribution in [-0.4, -0.2) is 35.8 Å². The molecule has 1 aliphatic carbocycles. The highest BCUT2D eigenvalue weighted by molar-refractivity contribution is 6.27. The van der Waals surface area contributed by atoms with Crippen LogP contribution in [0.4, 0.5) is 13.2 Å². The van der Waals surface area contributed by atoms with Crippen molar-refractivity contribution in [3.63, 3.8) is 0 Å². The summed E-state index contributed by atoms with van der Waals surface area (Å²) in [6.07, 6.45) is -1.89. The summed E-state index contributed by atoms with van der Waals surface area (Å²) in [5, 5.41) is 0. The Bertz CT molecular complexity index is 615. The molecular weight excluding hydrogens is 359 g/mol. The fourth-order valence-electron chi connectivity index (χ4n) is 2.86. The van der Waals surface area contributed by atoms with Crippen LogP contribution in [0.15, 0.2) is 24.3 Å². The average Bonchev–Trinajstić information content (AvgIpc) is 2.54. The predicted octanol–water partition coefficient (Wildman–Crippen LogP) is 3.61. The molecule has 138 valence electrons. The van der Waals surface area contributed by atoms with Crippen molar-refractivity contribution in [2.75, 3.05) is 13.0 Å². The summed E-state index contributed by atoms with van der Waals surface area (Å²) >= 11 is 5.66. The lowest BCUT2D eigenvalue weighted by Gasteiger charge is -2.39. The number of methoxy groups -OCH3 is 1. The van der Waals surface area contributed by atoms with Gasteiger partial charge in [0.05, 0.1) is 12.7 Å². The van der Waals surface area contributed by atoms with E-state index in [0.29, 0.717) is 5.56 Å². The molecule has 0 heterocycles. The molecule has 1 aliphatic rings. The number of amides is 1. The molecule has 0 N–H and O–H groups in total. The molecule has 1 fully saturated rings. The van der Waals surface area contributed by atoms with Crippen LogP contribution in [0.1, 0.15) is 30.4 Å². The fourth-order valence-corrected chi connectivity index (χ4v) is 3.02. The van der Waals surface area contributed by atoms with E-state index in [1.165, 1.54) is 24.1 Å². The van der Waals surface area contributed by atoms with Gasteiger partial charge in [-0.05, 0) is 36.5 Å². The third-order valence-electron chi connectivity index (χ3n) is 4.44. The van der Waals surface area contributed by atoms with Crippen molar-refractivity contribution < 1.29 is 27.5 Å². The van der Waals surface area contributed by atoms with Crippen molar-refractivity contribution in [2.24, 2.45) is 5.92 Å². The first-order valence-electron chi connectivity index (χ1n) is 7.87. The van der Waals surface area contributed by atoms with Gasteiger partial charge in [-0.2, -0.15) is 13.2 Å². The predicted molar refractivity (Wildman–Crippen MR) is 85.9 cm³/mol. The van der Waals surface area contributed by atoms with E-state index < -0.39 is 29.7 Å². The highest BCUT2D eigenvalue weighted by atomic mass is 35.5. The van der Waals surface area contributed by atoms with Gasteiger partial charge in [-0.25, -0.2) is 4.79 Å². The maximum absolute atomic E-state index is 12.7. The molecule has 0 radical (unpaired) electrons. The number of carbonyl (C=O) groups is 2. The SMILES string of the molecule is COC(=O)C(C1CCC1)N(Cc1ccc(C(F)(F)F)cc1)C(=O)CCl. The van der Waals surface area contributed by atoms with Crippen molar-refractivity contribution in [2.45, 2.75) is 38.0 Å². The molecule has 1 saturated carbocycles. The van der Waals surface area contributed by atoms with E-state index in [0.717, 1.165) is 31.4 Å². The van der Waals surface area contributed by atoms with E-state index in [2.05, 4.69) is 0 Å². The zero-order chi connectivity index (χ0) is 18.6. The molecule has 0 saturated heterocycles. The van der Waals surface area contributed by atoms with Crippen LogP contribution in [0.3, 0.4) is 0 Å². The van der Waals surface area contributed by atoms with Gasteiger partial charge in [-0.3, -0.25) is 4.79 Å². The van der Waals surface area contributed by atoms with Gasteiger partial charge in [0, 0.05) is 6.54 Å². The van der Waals surface area contributed by atoms with Gasteiger partial charge in [0.1, 0.15) is 11.9 Å². The number of alkyl halides is 4. The summed E-state index contributed by atoms with van der Waals surface area (Å²) in [6.45, 7) is -0.0000425. The first kappa shape index (κ1) is 19.6. The summed E-state index contributed by atoms with van der Waals surface area (Å²) in [4.78, 5) is 25.7. The van der Waals surface area contributed by atoms with E-state index in [4.69, 9.17) is 16.3 Å². The number of ether oxygens (including phenoxy) is 1. The van der Waals surface area contributed by atoms with Crippen molar-refractivity contribution in [3.05, 3.63) is 35.4 Å². The Labute approximate surface area is 148 Å². The number of benzene rings is 1. The Morgan fingerprint density at radius 2 is 1.88 bits per heavy atom. The van der Waals surface area contributed by atoms with Crippen LogP contribution >= 0.6 is 11.6 Å². The number of esters is 1. The van der Waals surface area contributed by atoms with Crippen molar-refractivity contribution >= 4 is 23.5 Å². The zero-order valence-corrected chi connectivity index (χ0v) is 14.4. The smallest absolute Gasteiger partial charge is 0.416 e. The zero-order valence-electron chi connectivity index (χ0n) is 13.7. The van der Waals surface area contributed by atoms with E-state index in [1.807, 2.05) is 0 Å². The first-order chi connectivity index (χ1) is 11.8. The van der Waals surface area contributed by atoms with Crippen LogP contribution in [0.2, 0.25) is 0 Å².